The minimum absolute atomic E-state index is 0.0173. The van der Waals surface area contributed by atoms with E-state index in [0.29, 0.717) is 10.7 Å². The molecular formula is C25H24ClN3O2S. The minimum Gasteiger partial charge on any atom is -0.363 e. The summed E-state index contributed by atoms with van der Waals surface area (Å²) in [5.74, 6) is -0.998. The predicted octanol–water partition coefficient (Wildman–Crippen LogP) is 5.19. The molecule has 0 atom stereocenters. The molecule has 7 heteroatoms. The quantitative estimate of drug-likeness (QED) is 0.385. The topological polar surface area (TPSA) is 52.7 Å². The summed E-state index contributed by atoms with van der Waals surface area (Å²) in [7, 11) is 0. The van der Waals surface area contributed by atoms with Gasteiger partial charge >= 0.3 is 0 Å². The van der Waals surface area contributed by atoms with Gasteiger partial charge in [-0.25, -0.2) is 0 Å². The van der Waals surface area contributed by atoms with Gasteiger partial charge in [0.25, 0.3) is 11.8 Å². The SMILES string of the molecule is CCN1c2ccc(/C=C3/C(=O)NC(=S)N(c4cccc(Cl)c4)C3=O)cc2C(C)=CC1(C)C. The van der Waals surface area contributed by atoms with Crippen LogP contribution in [-0.2, 0) is 9.59 Å². The molecule has 0 radical (unpaired) electrons. The number of carbonyl (C=O) groups excluding carboxylic acids is 2. The maximum absolute atomic E-state index is 13.2. The predicted molar refractivity (Wildman–Crippen MR) is 135 cm³/mol. The van der Waals surface area contributed by atoms with E-state index in [4.69, 9.17) is 23.8 Å². The Balaban J connectivity index is 1.75. The van der Waals surface area contributed by atoms with Gasteiger partial charge in [-0.15, -0.1) is 0 Å². The molecule has 1 saturated heterocycles. The highest BCUT2D eigenvalue weighted by Gasteiger charge is 2.35. The summed E-state index contributed by atoms with van der Waals surface area (Å²) in [5, 5.41) is 3.12. The number of hydrogen-bond donors (Lipinski definition) is 1. The van der Waals surface area contributed by atoms with Gasteiger partial charge in [-0.1, -0.05) is 29.8 Å². The second-order valence-electron chi connectivity index (χ2n) is 8.44. The van der Waals surface area contributed by atoms with Crippen molar-refractivity contribution in [1.29, 1.82) is 0 Å². The normalized spacial score (nSPS) is 19.1. The number of halogens is 1. The zero-order chi connectivity index (χ0) is 23.2. The Morgan fingerprint density at radius 2 is 1.91 bits per heavy atom. The molecule has 0 bridgehead atoms. The fourth-order valence-electron chi connectivity index (χ4n) is 4.44. The Hall–Kier alpha value is -2.96. The van der Waals surface area contributed by atoms with E-state index in [9.17, 15) is 9.59 Å². The average Bonchev–Trinajstić information content (AvgIpc) is 2.71. The summed E-state index contributed by atoms with van der Waals surface area (Å²) >= 11 is 11.3. The molecule has 1 fully saturated rings. The number of anilines is 2. The van der Waals surface area contributed by atoms with Crippen LogP contribution in [0.25, 0.3) is 11.6 Å². The molecule has 32 heavy (non-hydrogen) atoms. The number of benzene rings is 2. The van der Waals surface area contributed by atoms with Crippen LogP contribution in [0.3, 0.4) is 0 Å². The summed E-state index contributed by atoms with van der Waals surface area (Å²) in [6.45, 7) is 9.47. The molecule has 2 aromatic carbocycles. The molecule has 2 amide bonds. The molecule has 2 aliphatic rings. The molecule has 164 valence electrons. The van der Waals surface area contributed by atoms with Crippen LogP contribution < -0.4 is 15.1 Å². The highest BCUT2D eigenvalue weighted by molar-refractivity contribution is 7.80. The first kappa shape index (κ1) is 22.2. The lowest BCUT2D eigenvalue weighted by Crippen LogP contribution is -2.54. The van der Waals surface area contributed by atoms with Crippen LogP contribution in [0.15, 0.2) is 54.1 Å². The van der Waals surface area contributed by atoms with Gasteiger partial charge in [-0.2, -0.15) is 0 Å². The number of carbonyl (C=O) groups is 2. The van der Waals surface area contributed by atoms with Gasteiger partial charge in [-0.3, -0.25) is 19.8 Å². The number of thiocarbonyl (C=S) groups is 1. The van der Waals surface area contributed by atoms with Crippen molar-refractivity contribution in [2.24, 2.45) is 0 Å². The van der Waals surface area contributed by atoms with E-state index in [-0.39, 0.29) is 16.2 Å². The van der Waals surface area contributed by atoms with Gasteiger partial charge in [0.2, 0.25) is 0 Å². The number of allylic oxidation sites excluding steroid dienone is 1. The van der Waals surface area contributed by atoms with Crippen molar-refractivity contribution in [3.05, 3.63) is 70.3 Å². The van der Waals surface area contributed by atoms with Crippen molar-refractivity contribution in [2.75, 3.05) is 16.3 Å². The van der Waals surface area contributed by atoms with Crippen LogP contribution in [-0.4, -0.2) is 29.0 Å². The molecule has 0 saturated carbocycles. The molecule has 4 rings (SSSR count). The molecule has 1 N–H and O–H groups in total. The first-order chi connectivity index (χ1) is 15.1. The second kappa shape index (κ2) is 8.19. The molecule has 2 heterocycles. The largest absolute Gasteiger partial charge is 0.363 e. The fourth-order valence-corrected chi connectivity index (χ4v) is 4.91. The lowest BCUT2D eigenvalue weighted by molar-refractivity contribution is -0.122. The van der Waals surface area contributed by atoms with Gasteiger partial charge in [0.15, 0.2) is 5.11 Å². The number of nitrogens with zero attached hydrogens (tertiary/aromatic N) is 2. The van der Waals surface area contributed by atoms with Gasteiger partial charge in [0, 0.05) is 22.8 Å². The zero-order valence-electron chi connectivity index (χ0n) is 18.4. The first-order valence-electron chi connectivity index (χ1n) is 10.4. The Bertz CT molecular complexity index is 1220. The number of likely N-dealkylation sites (N-methyl/N-ethyl adjacent to an activating group) is 1. The van der Waals surface area contributed by atoms with Crippen LogP contribution >= 0.6 is 23.8 Å². The molecular weight excluding hydrogens is 442 g/mol. The monoisotopic (exact) mass is 465 g/mol. The first-order valence-corrected chi connectivity index (χ1v) is 11.2. The maximum atomic E-state index is 13.2. The lowest BCUT2D eigenvalue weighted by atomic mass is 9.88. The summed E-state index contributed by atoms with van der Waals surface area (Å²) in [5.41, 5.74) is 4.60. The van der Waals surface area contributed by atoms with Crippen molar-refractivity contribution in [1.82, 2.24) is 5.32 Å². The van der Waals surface area contributed by atoms with E-state index in [1.165, 1.54) is 4.90 Å². The van der Waals surface area contributed by atoms with Crippen LogP contribution in [0.1, 0.15) is 38.8 Å². The molecule has 0 unspecified atom stereocenters. The highest BCUT2D eigenvalue weighted by Crippen LogP contribution is 2.39. The van der Waals surface area contributed by atoms with Gasteiger partial charge < -0.3 is 4.90 Å². The average molecular weight is 466 g/mol. The van der Waals surface area contributed by atoms with E-state index in [2.05, 4.69) is 44.0 Å². The molecule has 2 aromatic rings. The molecule has 0 aromatic heterocycles. The van der Waals surface area contributed by atoms with Crippen molar-refractivity contribution in [3.8, 4) is 0 Å². The van der Waals surface area contributed by atoms with E-state index in [1.54, 1.807) is 30.3 Å². The van der Waals surface area contributed by atoms with Gasteiger partial charge in [0.1, 0.15) is 5.57 Å². The highest BCUT2D eigenvalue weighted by atomic mass is 35.5. The van der Waals surface area contributed by atoms with E-state index in [1.807, 2.05) is 18.2 Å². The Kier molecular flexibility index (Phi) is 5.69. The third kappa shape index (κ3) is 3.85. The minimum atomic E-state index is -0.514. The van der Waals surface area contributed by atoms with Crippen LogP contribution in [0.2, 0.25) is 5.02 Å². The smallest absolute Gasteiger partial charge is 0.270 e. The lowest BCUT2D eigenvalue weighted by Gasteiger charge is -2.42. The second-order valence-corrected chi connectivity index (χ2v) is 9.26. The van der Waals surface area contributed by atoms with Crippen LogP contribution in [0.4, 0.5) is 11.4 Å². The molecule has 0 aliphatic carbocycles. The van der Waals surface area contributed by atoms with E-state index >= 15 is 0 Å². The van der Waals surface area contributed by atoms with E-state index in [0.717, 1.165) is 28.9 Å². The number of fused-ring (bicyclic) bond motifs is 1. The number of hydrogen-bond acceptors (Lipinski definition) is 4. The summed E-state index contributed by atoms with van der Waals surface area (Å²) in [6, 6.07) is 12.8. The third-order valence-corrected chi connectivity index (χ3v) is 6.32. The number of amides is 2. The summed E-state index contributed by atoms with van der Waals surface area (Å²) < 4.78 is 0. The summed E-state index contributed by atoms with van der Waals surface area (Å²) in [6.07, 6.45) is 3.86. The van der Waals surface area contributed by atoms with E-state index < -0.39 is 11.8 Å². The Morgan fingerprint density at radius 1 is 1.16 bits per heavy atom. The number of nitrogens with one attached hydrogen (secondary N) is 1. The van der Waals surface area contributed by atoms with Gasteiger partial charge in [0.05, 0.1) is 11.2 Å². The molecule has 5 nitrogen and oxygen atoms in total. The van der Waals surface area contributed by atoms with Crippen molar-refractivity contribution < 1.29 is 9.59 Å². The zero-order valence-corrected chi connectivity index (χ0v) is 20.0. The molecule has 2 aliphatic heterocycles. The third-order valence-electron chi connectivity index (χ3n) is 5.80. The Labute approximate surface area is 198 Å². The van der Waals surface area contributed by atoms with Crippen molar-refractivity contribution >= 4 is 63.8 Å². The fraction of sp³-hybridized carbons (Fsp3) is 0.240. The van der Waals surface area contributed by atoms with Crippen molar-refractivity contribution in [2.45, 2.75) is 33.2 Å². The van der Waals surface area contributed by atoms with Crippen LogP contribution in [0.5, 0.6) is 0 Å². The van der Waals surface area contributed by atoms with Crippen LogP contribution in [0, 0.1) is 0 Å². The van der Waals surface area contributed by atoms with Crippen molar-refractivity contribution in [3.63, 3.8) is 0 Å². The number of rotatable bonds is 3. The summed E-state index contributed by atoms with van der Waals surface area (Å²) in [4.78, 5) is 29.5. The maximum Gasteiger partial charge on any atom is 0.270 e. The Morgan fingerprint density at radius 3 is 2.59 bits per heavy atom. The van der Waals surface area contributed by atoms with Gasteiger partial charge in [-0.05, 0) is 87.5 Å². The standard InChI is InChI=1S/C25H24ClN3O2S/c1-5-28-21-10-9-16(11-19(21)15(2)14-25(28,3)4)12-20-22(30)27-24(32)29(23(20)31)18-8-6-7-17(26)13-18/h6-14H,5H2,1-4H3,(H,27,30,32)/b20-12-. The molecule has 0 spiro atoms.